The van der Waals surface area contributed by atoms with Crippen LogP contribution in [0.2, 0.25) is 0 Å². The van der Waals surface area contributed by atoms with Gasteiger partial charge in [0.15, 0.2) is 0 Å². The minimum Gasteiger partial charge on any atom is -0.263 e. The summed E-state index contributed by atoms with van der Waals surface area (Å²) in [6, 6.07) is 12.8. The molecule has 0 fully saturated rings. The molecule has 0 saturated carbocycles. The second kappa shape index (κ2) is 9.17. The van der Waals surface area contributed by atoms with Crippen LogP contribution in [0.1, 0.15) is 37.8 Å². The first-order valence-electron chi connectivity index (χ1n) is 8.99. The van der Waals surface area contributed by atoms with Crippen LogP contribution in [-0.2, 0) is 28.6 Å². The Kier molecular flexibility index (Phi) is 7.39. The molecule has 0 aromatic heterocycles. The summed E-state index contributed by atoms with van der Waals surface area (Å²) in [5.74, 6) is 0. The fourth-order valence-electron chi connectivity index (χ4n) is 2.52. The maximum absolute atomic E-state index is 12.3. The average molecular weight is 427 g/mol. The lowest BCUT2D eigenvalue weighted by molar-refractivity contribution is 0.168. The van der Waals surface area contributed by atoms with Gasteiger partial charge in [0.05, 0.1) is 22.0 Å². The normalized spacial score (nSPS) is 14.6. The van der Waals surface area contributed by atoms with Gasteiger partial charge >= 0.3 is 0 Å². The Morgan fingerprint density at radius 2 is 0.929 bits per heavy atom. The first-order valence-corrected chi connectivity index (χ1v) is 11.8. The van der Waals surface area contributed by atoms with Gasteiger partial charge in [-0.2, -0.15) is 16.8 Å². The maximum Gasteiger partial charge on any atom is 0.297 e. The van der Waals surface area contributed by atoms with Gasteiger partial charge in [-0.25, -0.2) is 0 Å². The molecule has 6 nitrogen and oxygen atoms in total. The summed E-state index contributed by atoms with van der Waals surface area (Å²) < 4.78 is 59.6. The first kappa shape index (κ1) is 22.5. The van der Waals surface area contributed by atoms with E-state index in [4.69, 9.17) is 8.37 Å². The van der Waals surface area contributed by atoms with Crippen LogP contribution in [0.25, 0.3) is 0 Å². The van der Waals surface area contributed by atoms with Crippen molar-refractivity contribution in [2.75, 3.05) is 0 Å². The van der Waals surface area contributed by atoms with E-state index in [-0.39, 0.29) is 9.79 Å². The second-order valence-corrected chi connectivity index (χ2v) is 10.1. The predicted octanol–water partition coefficient (Wildman–Crippen LogP) is 3.97. The van der Waals surface area contributed by atoms with Crippen molar-refractivity contribution < 1.29 is 25.2 Å². The predicted molar refractivity (Wildman–Crippen MR) is 107 cm³/mol. The van der Waals surface area contributed by atoms with E-state index in [1.807, 2.05) is 13.8 Å². The molecular formula is C20H26O6S2. The Labute approximate surface area is 167 Å². The van der Waals surface area contributed by atoms with Crippen LogP contribution in [0.4, 0.5) is 0 Å². The molecule has 0 radical (unpaired) electrons. The van der Waals surface area contributed by atoms with E-state index < -0.39 is 32.4 Å². The quantitative estimate of drug-likeness (QED) is 0.564. The lowest BCUT2D eigenvalue weighted by atomic mass is 10.1. The fraction of sp³-hybridized carbons (Fsp3) is 0.400. The Hall–Kier alpha value is -1.74. The number of hydrogen-bond acceptors (Lipinski definition) is 6. The van der Waals surface area contributed by atoms with Crippen molar-refractivity contribution in [1.82, 2.24) is 0 Å². The van der Waals surface area contributed by atoms with Gasteiger partial charge < -0.3 is 0 Å². The number of aryl methyl sites for hydroxylation is 2. The molecule has 154 valence electrons. The smallest absolute Gasteiger partial charge is 0.263 e. The highest BCUT2D eigenvalue weighted by atomic mass is 32.2. The van der Waals surface area contributed by atoms with E-state index >= 15 is 0 Å². The first-order chi connectivity index (χ1) is 13.0. The molecule has 0 heterocycles. The molecular weight excluding hydrogens is 400 g/mol. The van der Waals surface area contributed by atoms with Crippen LogP contribution in [0.15, 0.2) is 58.3 Å². The molecule has 0 aliphatic heterocycles. The largest absolute Gasteiger partial charge is 0.297 e. The van der Waals surface area contributed by atoms with Gasteiger partial charge in [0.1, 0.15) is 0 Å². The molecule has 0 unspecified atom stereocenters. The molecule has 0 saturated heterocycles. The third kappa shape index (κ3) is 6.41. The van der Waals surface area contributed by atoms with Crippen molar-refractivity contribution in [2.24, 2.45) is 0 Å². The Balaban J connectivity index is 1.90. The zero-order chi connectivity index (χ0) is 20.9. The highest BCUT2D eigenvalue weighted by Crippen LogP contribution is 2.20. The van der Waals surface area contributed by atoms with E-state index in [9.17, 15) is 16.8 Å². The van der Waals surface area contributed by atoms with Crippen LogP contribution < -0.4 is 0 Å². The summed E-state index contributed by atoms with van der Waals surface area (Å²) in [4.78, 5) is 0.187. The van der Waals surface area contributed by atoms with Gasteiger partial charge in [-0.3, -0.25) is 8.37 Å². The molecule has 28 heavy (non-hydrogen) atoms. The molecule has 0 spiro atoms. The van der Waals surface area contributed by atoms with E-state index in [0.717, 1.165) is 11.1 Å². The second-order valence-electron chi connectivity index (χ2n) is 6.93. The van der Waals surface area contributed by atoms with Gasteiger partial charge in [-0.15, -0.1) is 0 Å². The molecule has 0 aliphatic rings. The van der Waals surface area contributed by atoms with Gasteiger partial charge in [0.2, 0.25) is 0 Å². The van der Waals surface area contributed by atoms with Crippen molar-refractivity contribution in [2.45, 2.75) is 62.5 Å². The topological polar surface area (TPSA) is 86.7 Å². The SMILES string of the molecule is Cc1ccc(S(=O)(=O)O[C@@H](C)CC[C@H](C)OS(=O)(=O)c2ccc(C)cc2)cc1. The van der Waals surface area contributed by atoms with Crippen LogP contribution in [0, 0.1) is 13.8 Å². The van der Waals surface area contributed by atoms with Crippen molar-refractivity contribution in [3.05, 3.63) is 59.7 Å². The van der Waals surface area contributed by atoms with Gasteiger partial charge in [0.25, 0.3) is 20.2 Å². The standard InChI is InChI=1S/C20H26O6S2/c1-15-5-11-19(12-6-15)27(21,22)25-17(3)9-10-18(4)26-28(23,24)20-13-7-16(2)8-14-20/h5-8,11-14,17-18H,9-10H2,1-4H3/t17-,18-/m0/s1. The molecule has 0 aliphatic carbocycles. The van der Waals surface area contributed by atoms with Gasteiger partial charge in [-0.05, 0) is 64.8 Å². The lowest BCUT2D eigenvalue weighted by Gasteiger charge is -2.17. The summed E-state index contributed by atoms with van der Waals surface area (Å²) in [6.07, 6.45) is -0.565. The minimum absolute atomic E-state index is 0.0937. The third-order valence-electron chi connectivity index (χ3n) is 4.18. The van der Waals surface area contributed by atoms with Gasteiger partial charge in [0, 0.05) is 0 Å². The molecule has 0 bridgehead atoms. The molecule has 0 N–H and O–H groups in total. The highest BCUT2D eigenvalue weighted by molar-refractivity contribution is 7.87. The van der Waals surface area contributed by atoms with E-state index in [1.165, 1.54) is 24.3 Å². The monoisotopic (exact) mass is 426 g/mol. The Morgan fingerprint density at radius 3 is 1.21 bits per heavy atom. The van der Waals surface area contributed by atoms with E-state index in [2.05, 4.69) is 0 Å². The number of benzene rings is 2. The Bertz CT molecular complexity index is 894. The minimum atomic E-state index is -3.87. The number of rotatable bonds is 9. The van der Waals surface area contributed by atoms with Crippen molar-refractivity contribution >= 4 is 20.2 Å². The molecule has 8 heteroatoms. The van der Waals surface area contributed by atoms with Crippen LogP contribution >= 0.6 is 0 Å². The summed E-state index contributed by atoms with van der Waals surface area (Å²) in [6.45, 7) is 7.00. The summed E-state index contributed by atoms with van der Waals surface area (Å²) >= 11 is 0. The molecule has 2 aromatic rings. The van der Waals surface area contributed by atoms with Crippen LogP contribution in [0.3, 0.4) is 0 Å². The van der Waals surface area contributed by atoms with Gasteiger partial charge in [-0.1, -0.05) is 35.4 Å². The van der Waals surface area contributed by atoms with Crippen LogP contribution in [-0.4, -0.2) is 29.0 Å². The molecule has 2 aromatic carbocycles. The average Bonchev–Trinajstić information content (AvgIpc) is 2.60. The third-order valence-corrected chi connectivity index (χ3v) is 7.04. The summed E-state index contributed by atoms with van der Waals surface area (Å²) in [5, 5.41) is 0. The summed E-state index contributed by atoms with van der Waals surface area (Å²) in [7, 11) is -7.73. The van der Waals surface area contributed by atoms with E-state index in [1.54, 1.807) is 38.1 Å². The van der Waals surface area contributed by atoms with Crippen molar-refractivity contribution in [3.8, 4) is 0 Å². The fourth-order valence-corrected chi connectivity index (χ4v) is 4.74. The molecule has 2 atom stereocenters. The van der Waals surface area contributed by atoms with Crippen molar-refractivity contribution in [3.63, 3.8) is 0 Å². The Morgan fingerprint density at radius 1 is 0.643 bits per heavy atom. The summed E-state index contributed by atoms with van der Waals surface area (Å²) in [5.41, 5.74) is 1.90. The lowest BCUT2D eigenvalue weighted by Crippen LogP contribution is -2.20. The zero-order valence-electron chi connectivity index (χ0n) is 16.5. The zero-order valence-corrected chi connectivity index (χ0v) is 18.1. The van der Waals surface area contributed by atoms with Crippen molar-refractivity contribution in [1.29, 1.82) is 0 Å². The van der Waals surface area contributed by atoms with Crippen LogP contribution in [0.5, 0.6) is 0 Å². The molecule has 2 rings (SSSR count). The maximum atomic E-state index is 12.3. The molecule has 0 amide bonds. The highest BCUT2D eigenvalue weighted by Gasteiger charge is 2.22. The number of hydrogen-bond donors (Lipinski definition) is 0. The van der Waals surface area contributed by atoms with E-state index in [0.29, 0.717) is 12.8 Å².